The predicted octanol–water partition coefficient (Wildman–Crippen LogP) is 3.21. The minimum absolute atomic E-state index is 0.161. The lowest BCUT2D eigenvalue weighted by atomic mass is 10.5. The largest absolute Gasteiger partial charge is 0.397 e. The van der Waals surface area contributed by atoms with E-state index >= 15 is 0 Å². The molecule has 0 aromatic heterocycles. The molecule has 0 aliphatic heterocycles. The van der Waals surface area contributed by atoms with Crippen LogP contribution in [0, 0.1) is 0 Å². The van der Waals surface area contributed by atoms with Crippen LogP contribution in [-0.2, 0) is 13.7 Å². The molecule has 1 atom stereocenters. The van der Waals surface area contributed by atoms with Gasteiger partial charge < -0.3 is 4.62 Å². The van der Waals surface area contributed by atoms with E-state index in [-0.39, 0.29) is 11.3 Å². The summed E-state index contributed by atoms with van der Waals surface area (Å²) in [4.78, 5) is 0. The maximum Gasteiger partial charge on any atom is 0.397 e. The zero-order chi connectivity index (χ0) is 10.5. The van der Waals surface area contributed by atoms with Crippen LogP contribution in [0.25, 0.3) is 0 Å². The molecule has 0 bridgehead atoms. The molecule has 13 heavy (non-hydrogen) atoms. The Morgan fingerprint density at radius 3 is 2.54 bits per heavy atom. The zero-order valence-corrected chi connectivity index (χ0v) is 9.93. The lowest BCUT2D eigenvalue weighted by Crippen LogP contribution is -2.00. The lowest BCUT2D eigenvalue weighted by Gasteiger charge is -2.13. The predicted molar refractivity (Wildman–Crippen MR) is 54.4 cm³/mol. The van der Waals surface area contributed by atoms with Gasteiger partial charge in [0, 0.05) is 6.42 Å². The van der Waals surface area contributed by atoms with E-state index in [2.05, 4.69) is 9.78 Å². The standard InChI is InChI=1S/C7H15ClNO3P/c1-5-7(8)9-12-13(4,10)11-6(2)3/h6H,5H2,1-4H3/b9-7-. The molecule has 78 valence electrons. The zero-order valence-electron chi connectivity index (χ0n) is 8.28. The average Bonchev–Trinajstić information content (AvgIpc) is 1.98. The Kier molecular flexibility index (Phi) is 5.61. The van der Waals surface area contributed by atoms with Crippen LogP contribution in [0.3, 0.4) is 0 Å². The van der Waals surface area contributed by atoms with E-state index in [1.807, 2.05) is 6.92 Å². The first-order valence-corrected chi connectivity index (χ1v) is 6.41. The highest BCUT2D eigenvalue weighted by Crippen LogP contribution is 2.45. The van der Waals surface area contributed by atoms with Gasteiger partial charge in [-0.05, 0) is 13.8 Å². The fourth-order valence-corrected chi connectivity index (χ4v) is 1.72. The molecule has 0 aromatic carbocycles. The van der Waals surface area contributed by atoms with Crippen molar-refractivity contribution in [3.63, 3.8) is 0 Å². The summed E-state index contributed by atoms with van der Waals surface area (Å²) in [7, 11) is -3.09. The monoisotopic (exact) mass is 227 g/mol. The molecular weight excluding hydrogens is 213 g/mol. The number of oxime groups is 1. The molecule has 0 N–H and O–H groups in total. The van der Waals surface area contributed by atoms with Crippen molar-refractivity contribution >= 4 is 24.4 Å². The smallest absolute Gasteiger partial charge is 0.313 e. The summed E-state index contributed by atoms with van der Waals surface area (Å²) in [6, 6.07) is 0. The van der Waals surface area contributed by atoms with Crippen LogP contribution < -0.4 is 0 Å². The SMILES string of the molecule is CC/C(Cl)=N/OP(C)(=O)OC(C)C. The van der Waals surface area contributed by atoms with Crippen LogP contribution >= 0.6 is 19.2 Å². The molecule has 1 unspecified atom stereocenters. The van der Waals surface area contributed by atoms with Crippen molar-refractivity contribution in [3.8, 4) is 0 Å². The van der Waals surface area contributed by atoms with E-state index in [1.165, 1.54) is 6.66 Å². The molecule has 4 nitrogen and oxygen atoms in total. The first-order chi connectivity index (χ1) is 5.87. The lowest BCUT2D eigenvalue weighted by molar-refractivity contribution is 0.176. The van der Waals surface area contributed by atoms with Gasteiger partial charge in [0.2, 0.25) is 0 Å². The molecule has 0 aliphatic carbocycles. The van der Waals surface area contributed by atoms with Crippen LogP contribution in [0.5, 0.6) is 0 Å². The molecule has 0 amide bonds. The van der Waals surface area contributed by atoms with Crippen LogP contribution in [0.2, 0.25) is 0 Å². The summed E-state index contributed by atoms with van der Waals surface area (Å²) >= 11 is 5.56. The summed E-state index contributed by atoms with van der Waals surface area (Å²) in [5, 5.41) is 3.73. The van der Waals surface area contributed by atoms with E-state index in [1.54, 1.807) is 13.8 Å². The number of hydrogen-bond acceptors (Lipinski definition) is 4. The second kappa shape index (κ2) is 5.63. The van der Waals surface area contributed by atoms with Gasteiger partial charge in [-0.2, -0.15) is 0 Å². The maximum atomic E-state index is 11.4. The van der Waals surface area contributed by atoms with Crippen molar-refractivity contribution < 1.29 is 13.7 Å². The Morgan fingerprint density at radius 1 is 1.62 bits per heavy atom. The third-order valence-corrected chi connectivity index (χ3v) is 2.50. The fourth-order valence-electron chi connectivity index (χ4n) is 0.585. The van der Waals surface area contributed by atoms with Crippen molar-refractivity contribution in [3.05, 3.63) is 0 Å². The number of hydrogen-bond donors (Lipinski definition) is 0. The minimum Gasteiger partial charge on any atom is -0.313 e. The Hall–Kier alpha value is -0.0500. The quantitative estimate of drug-likeness (QED) is 0.412. The van der Waals surface area contributed by atoms with Gasteiger partial charge in [0.15, 0.2) is 0 Å². The van der Waals surface area contributed by atoms with Crippen molar-refractivity contribution in [1.82, 2.24) is 0 Å². The van der Waals surface area contributed by atoms with E-state index in [4.69, 9.17) is 16.1 Å². The first kappa shape index (κ1) is 12.9. The molecule has 6 heteroatoms. The van der Waals surface area contributed by atoms with Gasteiger partial charge in [0.25, 0.3) is 0 Å². The molecule has 0 saturated carbocycles. The summed E-state index contributed by atoms with van der Waals surface area (Å²) in [5.41, 5.74) is 0. The highest BCUT2D eigenvalue weighted by molar-refractivity contribution is 7.52. The Labute approximate surface area is 83.8 Å². The Bertz CT molecular complexity index is 230. The van der Waals surface area contributed by atoms with Crippen LogP contribution in [0.1, 0.15) is 27.2 Å². The van der Waals surface area contributed by atoms with E-state index < -0.39 is 7.60 Å². The fraction of sp³-hybridized carbons (Fsp3) is 0.857. The second-order valence-corrected chi connectivity index (χ2v) is 5.18. The minimum atomic E-state index is -3.09. The van der Waals surface area contributed by atoms with E-state index in [0.29, 0.717) is 6.42 Å². The van der Waals surface area contributed by atoms with Crippen molar-refractivity contribution in [2.75, 3.05) is 6.66 Å². The summed E-state index contributed by atoms with van der Waals surface area (Å²) < 4.78 is 21.1. The van der Waals surface area contributed by atoms with Gasteiger partial charge in [0.1, 0.15) is 5.17 Å². The highest BCUT2D eigenvalue weighted by atomic mass is 35.5. The van der Waals surface area contributed by atoms with Crippen molar-refractivity contribution in [2.24, 2.45) is 5.16 Å². The highest BCUT2D eigenvalue weighted by Gasteiger charge is 2.19. The van der Waals surface area contributed by atoms with Gasteiger partial charge in [-0.3, -0.25) is 4.52 Å². The summed E-state index contributed by atoms with van der Waals surface area (Å²) in [6.45, 7) is 6.71. The number of halogens is 1. The molecule has 0 aliphatic rings. The van der Waals surface area contributed by atoms with Crippen molar-refractivity contribution in [1.29, 1.82) is 0 Å². The second-order valence-electron chi connectivity index (χ2n) is 2.83. The molecule has 0 rings (SSSR count). The third kappa shape index (κ3) is 7.05. The Balaban J connectivity index is 4.11. The van der Waals surface area contributed by atoms with Gasteiger partial charge in [0.05, 0.1) is 12.8 Å². The molecule has 0 saturated heterocycles. The van der Waals surface area contributed by atoms with Gasteiger partial charge in [-0.1, -0.05) is 23.7 Å². The molecular formula is C7H15ClNO3P. The molecule has 0 radical (unpaired) electrons. The van der Waals surface area contributed by atoms with Gasteiger partial charge >= 0.3 is 7.60 Å². The van der Waals surface area contributed by atoms with Crippen LogP contribution in [-0.4, -0.2) is 17.9 Å². The maximum absolute atomic E-state index is 11.4. The summed E-state index contributed by atoms with van der Waals surface area (Å²) in [5.74, 6) is 0. The normalized spacial score (nSPS) is 17.2. The molecule has 0 spiro atoms. The topological polar surface area (TPSA) is 47.9 Å². The van der Waals surface area contributed by atoms with Gasteiger partial charge in [-0.25, -0.2) is 4.57 Å². The number of rotatable bonds is 5. The molecule has 0 heterocycles. The summed E-state index contributed by atoms with van der Waals surface area (Å²) in [6.07, 6.45) is 0.384. The van der Waals surface area contributed by atoms with E-state index in [0.717, 1.165) is 0 Å². The van der Waals surface area contributed by atoms with E-state index in [9.17, 15) is 4.57 Å². The third-order valence-electron chi connectivity index (χ3n) is 0.982. The van der Waals surface area contributed by atoms with Crippen LogP contribution in [0.15, 0.2) is 5.16 Å². The molecule has 0 fully saturated rings. The van der Waals surface area contributed by atoms with Gasteiger partial charge in [-0.15, -0.1) is 0 Å². The average molecular weight is 228 g/mol. The van der Waals surface area contributed by atoms with Crippen LogP contribution in [0.4, 0.5) is 0 Å². The first-order valence-electron chi connectivity index (χ1n) is 4.04. The Morgan fingerprint density at radius 2 is 2.15 bits per heavy atom. The van der Waals surface area contributed by atoms with Crippen molar-refractivity contribution in [2.45, 2.75) is 33.3 Å². The number of nitrogens with zero attached hydrogens (tertiary/aromatic N) is 1. The molecule has 0 aromatic rings.